The molecule has 1 aliphatic carbocycles. The van der Waals surface area contributed by atoms with Gasteiger partial charge in [-0.2, -0.15) is 13.2 Å². The van der Waals surface area contributed by atoms with Crippen LogP contribution in [-0.2, 0) is 19.7 Å². The van der Waals surface area contributed by atoms with Crippen LogP contribution in [0, 0.1) is 0 Å². The fraction of sp³-hybridized carbons (Fsp3) is 0.600. The van der Waals surface area contributed by atoms with Crippen LogP contribution in [0.1, 0.15) is 36.4 Å². The van der Waals surface area contributed by atoms with Crippen molar-refractivity contribution < 1.29 is 37.7 Å². The minimum atomic E-state index is -5.08. The fourth-order valence-electron chi connectivity index (χ4n) is 4.21. The minimum Gasteiger partial charge on any atom is -0.475 e. The number of β-amino-alcohol motifs (C(OH)–C–C–N with tert-alkyl or cyclic N) is 1. The number of hydrogen-bond donors (Lipinski definition) is 3. The molecule has 10 heteroatoms. The average Bonchev–Trinajstić information content (AvgIpc) is 2.97. The van der Waals surface area contributed by atoms with Crippen LogP contribution in [0.3, 0.4) is 0 Å². The van der Waals surface area contributed by atoms with Crippen molar-refractivity contribution in [2.45, 2.75) is 36.9 Å². The second-order valence-corrected chi connectivity index (χ2v) is 7.49. The molecule has 3 rings (SSSR count). The lowest BCUT2D eigenvalue weighted by Gasteiger charge is -2.40. The van der Waals surface area contributed by atoms with Crippen molar-refractivity contribution in [3.8, 4) is 0 Å². The molecule has 1 spiro atoms. The second-order valence-electron chi connectivity index (χ2n) is 7.49. The Bertz CT molecular complexity index is 733. The zero-order valence-electron chi connectivity index (χ0n) is 16.7. The van der Waals surface area contributed by atoms with E-state index in [1.165, 1.54) is 11.1 Å². The molecule has 1 atom stereocenters. The van der Waals surface area contributed by atoms with E-state index in [2.05, 4.69) is 28.4 Å². The molecular weight excluding hydrogens is 405 g/mol. The van der Waals surface area contributed by atoms with Gasteiger partial charge in [-0.25, -0.2) is 4.79 Å². The smallest absolute Gasteiger partial charge is 0.475 e. The molecule has 7 nitrogen and oxygen atoms in total. The Balaban J connectivity index is 0.000000396. The van der Waals surface area contributed by atoms with E-state index in [-0.39, 0.29) is 30.6 Å². The van der Waals surface area contributed by atoms with Gasteiger partial charge < -0.3 is 25.2 Å². The zero-order valence-corrected chi connectivity index (χ0v) is 16.7. The number of carboxylic acids is 1. The van der Waals surface area contributed by atoms with Gasteiger partial charge in [0.15, 0.2) is 0 Å². The average molecular weight is 432 g/mol. The van der Waals surface area contributed by atoms with Crippen LogP contribution in [0.15, 0.2) is 24.3 Å². The largest absolute Gasteiger partial charge is 0.490 e. The number of likely N-dealkylation sites (tertiary alicyclic amines) is 1. The normalized spacial score (nSPS) is 20.2. The number of amides is 1. The highest BCUT2D eigenvalue weighted by molar-refractivity contribution is 5.78. The molecule has 0 aromatic heterocycles. The summed E-state index contributed by atoms with van der Waals surface area (Å²) in [6.45, 7) is 3.10. The Hall–Kier alpha value is -2.17. The molecule has 0 radical (unpaired) electrons. The van der Waals surface area contributed by atoms with Gasteiger partial charge in [-0.15, -0.1) is 0 Å². The minimum absolute atomic E-state index is 0.0536. The number of carbonyl (C=O) groups is 2. The standard InChI is InChI=1S/C18H26N2O3.C2HF3O2/c1-23-13-17(22)19-16-12-18(15-5-3-2-4-14(15)16)6-8-20(9-7-18)10-11-21;3-2(4,5)1(6)7/h2-5,16,21H,6-13H2,1H3,(H,19,22);(H,6,7). The van der Waals surface area contributed by atoms with E-state index in [0.29, 0.717) is 0 Å². The Morgan fingerprint density at radius 2 is 1.87 bits per heavy atom. The lowest BCUT2D eigenvalue weighted by atomic mass is 9.73. The number of nitrogens with one attached hydrogen (secondary N) is 1. The van der Waals surface area contributed by atoms with Gasteiger partial charge in [0.05, 0.1) is 12.6 Å². The molecule has 1 unspecified atom stereocenters. The van der Waals surface area contributed by atoms with E-state index < -0.39 is 12.1 Å². The topological polar surface area (TPSA) is 99.1 Å². The summed E-state index contributed by atoms with van der Waals surface area (Å²) in [7, 11) is 1.54. The van der Waals surface area contributed by atoms with Crippen LogP contribution >= 0.6 is 0 Å². The maximum absolute atomic E-state index is 11.9. The van der Waals surface area contributed by atoms with Crippen LogP contribution in [-0.4, -0.2) is 73.1 Å². The van der Waals surface area contributed by atoms with E-state index in [4.69, 9.17) is 19.7 Å². The van der Waals surface area contributed by atoms with Crippen molar-refractivity contribution >= 4 is 11.9 Å². The summed E-state index contributed by atoms with van der Waals surface area (Å²) in [5.41, 5.74) is 2.81. The van der Waals surface area contributed by atoms with Gasteiger partial charge >= 0.3 is 12.1 Å². The van der Waals surface area contributed by atoms with Crippen LogP contribution < -0.4 is 5.32 Å². The molecule has 1 heterocycles. The number of alkyl halides is 3. The number of halogens is 3. The van der Waals surface area contributed by atoms with E-state index in [1.807, 2.05) is 6.07 Å². The lowest BCUT2D eigenvalue weighted by Crippen LogP contribution is -2.43. The van der Waals surface area contributed by atoms with Crippen LogP contribution in [0.4, 0.5) is 13.2 Å². The van der Waals surface area contributed by atoms with E-state index in [9.17, 15) is 18.0 Å². The number of aliphatic hydroxyl groups is 1. The first kappa shape index (κ1) is 24.1. The fourth-order valence-corrected chi connectivity index (χ4v) is 4.21. The zero-order chi connectivity index (χ0) is 22.4. The number of methoxy groups -OCH3 is 1. The van der Waals surface area contributed by atoms with Gasteiger partial charge in [-0.3, -0.25) is 4.79 Å². The molecule has 0 saturated carbocycles. The molecule has 1 aromatic carbocycles. The number of aliphatic hydroxyl groups excluding tert-OH is 1. The van der Waals surface area contributed by atoms with Crippen molar-refractivity contribution in [1.82, 2.24) is 10.2 Å². The summed E-state index contributed by atoms with van der Waals surface area (Å²) in [5, 5.41) is 19.4. The van der Waals surface area contributed by atoms with Crippen LogP contribution in [0.5, 0.6) is 0 Å². The number of carboxylic acid groups (broad SMARTS) is 1. The first-order chi connectivity index (χ1) is 14.1. The number of rotatable bonds is 5. The molecular formula is C20H27F3N2O5. The molecule has 30 heavy (non-hydrogen) atoms. The molecule has 1 saturated heterocycles. The number of carbonyl (C=O) groups excluding carboxylic acids is 1. The first-order valence-corrected chi connectivity index (χ1v) is 9.64. The molecule has 2 aliphatic rings. The number of aliphatic carboxylic acids is 1. The highest BCUT2D eigenvalue weighted by Gasteiger charge is 2.45. The summed E-state index contributed by atoms with van der Waals surface area (Å²) in [5.74, 6) is -2.81. The van der Waals surface area contributed by atoms with Gasteiger partial charge in [0.1, 0.15) is 6.61 Å². The summed E-state index contributed by atoms with van der Waals surface area (Å²) >= 11 is 0. The van der Waals surface area contributed by atoms with Crippen LogP contribution in [0.2, 0.25) is 0 Å². The SMILES string of the molecule is COCC(=O)NC1CC2(CCN(CCO)CC2)c2ccccc21.O=C(O)C(F)(F)F. The number of benzene rings is 1. The number of hydrogen-bond acceptors (Lipinski definition) is 5. The van der Waals surface area contributed by atoms with Gasteiger partial charge in [0, 0.05) is 19.1 Å². The third-order valence-corrected chi connectivity index (χ3v) is 5.58. The molecule has 1 fully saturated rings. The molecule has 0 bridgehead atoms. The van der Waals surface area contributed by atoms with E-state index in [0.717, 1.165) is 38.9 Å². The Kier molecular flexibility index (Phi) is 8.22. The molecule has 3 N–H and O–H groups in total. The molecule has 1 amide bonds. The Morgan fingerprint density at radius 3 is 2.40 bits per heavy atom. The highest BCUT2D eigenvalue weighted by Crippen LogP contribution is 2.50. The van der Waals surface area contributed by atoms with Crippen molar-refractivity contribution in [2.24, 2.45) is 0 Å². The van der Waals surface area contributed by atoms with Gasteiger partial charge in [0.25, 0.3) is 0 Å². The maximum Gasteiger partial charge on any atom is 0.490 e. The summed E-state index contributed by atoms with van der Waals surface area (Å²) in [6, 6.07) is 8.59. The van der Waals surface area contributed by atoms with Crippen molar-refractivity contribution in [1.29, 1.82) is 0 Å². The van der Waals surface area contributed by atoms with Crippen molar-refractivity contribution in [3.63, 3.8) is 0 Å². The Morgan fingerprint density at radius 1 is 1.27 bits per heavy atom. The Labute approximate surface area is 172 Å². The van der Waals surface area contributed by atoms with Crippen molar-refractivity contribution in [3.05, 3.63) is 35.4 Å². The third kappa shape index (κ3) is 5.93. The summed E-state index contributed by atoms with van der Waals surface area (Å²) in [6.07, 6.45) is -1.95. The quantitative estimate of drug-likeness (QED) is 0.657. The van der Waals surface area contributed by atoms with Gasteiger partial charge in [-0.05, 0) is 43.5 Å². The van der Waals surface area contributed by atoms with E-state index in [1.54, 1.807) is 7.11 Å². The molecule has 168 valence electrons. The lowest BCUT2D eigenvalue weighted by molar-refractivity contribution is -0.192. The predicted octanol–water partition coefficient (Wildman–Crippen LogP) is 1.85. The number of fused-ring (bicyclic) bond motifs is 2. The number of piperidine rings is 1. The highest BCUT2D eigenvalue weighted by atomic mass is 19.4. The van der Waals surface area contributed by atoms with Crippen molar-refractivity contribution in [2.75, 3.05) is 40.0 Å². The van der Waals surface area contributed by atoms with Gasteiger partial charge in [0.2, 0.25) is 5.91 Å². The monoisotopic (exact) mass is 432 g/mol. The first-order valence-electron chi connectivity index (χ1n) is 9.64. The second kappa shape index (κ2) is 10.2. The van der Waals surface area contributed by atoms with Gasteiger partial charge in [-0.1, -0.05) is 24.3 Å². The summed E-state index contributed by atoms with van der Waals surface area (Å²) < 4.78 is 36.7. The number of nitrogens with zero attached hydrogens (tertiary/aromatic N) is 1. The van der Waals surface area contributed by atoms with Crippen LogP contribution in [0.25, 0.3) is 0 Å². The van der Waals surface area contributed by atoms with E-state index >= 15 is 0 Å². The predicted molar refractivity (Wildman–Crippen MR) is 102 cm³/mol. The third-order valence-electron chi connectivity index (χ3n) is 5.58. The summed E-state index contributed by atoms with van der Waals surface area (Å²) in [4.78, 5) is 23.2. The molecule has 1 aromatic rings. The number of ether oxygens (including phenoxy) is 1. The molecule has 1 aliphatic heterocycles. The maximum atomic E-state index is 11.9.